The number of aromatic nitrogens is 1. The van der Waals surface area contributed by atoms with Crippen molar-refractivity contribution in [3.8, 4) is 0 Å². The van der Waals surface area contributed by atoms with Gasteiger partial charge in [-0.15, -0.1) is 0 Å². The number of carbonyl (C=O) groups is 1. The Labute approximate surface area is 127 Å². The minimum atomic E-state index is 0.250. The van der Waals surface area contributed by atoms with E-state index in [1.807, 2.05) is 42.5 Å². The van der Waals surface area contributed by atoms with Crippen LogP contribution in [0.3, 0.4) is 0 Å². The molecule has 2 aliphatic rings. The maximum absolute atomic E-state index is 12.6. The number of nitrogens with zero attached hydrogens (tertiary/aromatic N) is 1. The van der Waals surface area contributed by atoms with Crippen LogP contribution in [0.2, 0.25) is 0 Å². The smallest absolute Gasteiger partial charge is 0.166 e. The molecule has 108 valence electrons. The standard InChI is InChI=1S/C19H15NO2/c21-15-11-12-9-10-20-14-6-2-4-8-17(14)22-16-7-3-1-5-13(16)18(15)19(12)20/h1-8,12H,9-11H2. The van der Waals surface area contributed by atoms with Crippen molar-refractivity contribution in [1.82, 2.24) is 4.57 Å². The number of aryl methyl sites for hydroxylation is 1. The summed E-state index contributed by atoms with van der Waals surface area (Å²) in [5, 5.41) is 0.936. The van der Waals surface area contributed by atoms with E-state index < -0.39 is 0 Å². The minimum absolute atomic E-state index is 0.250. The van der Waals surface area contributed by atoms with Crippen LogP contribution in [0, 0.1) is 0 Å². The van der Waals surface area contributed by atoms with E-state index in [-0.39, 0.29) is 5.78 Å². The van der Waals surface area contributed by atoms with E-state index in [2.05, 4.69) is 10.6 Å². The highest BCUT2D eigenvalue weighted by molar-refractivity contribution is 6.10. The molecule has 3 aromatic rings. The molecule has 1 aliphatic carbocycles. The monoisotopic (exact) mass is 289 g/mol. The third-order valence-corrected chi connectivity index (χ3v) is 4.88. The molecular formula is C19H15NO2. The second-order valence-corrected chi connectivity index (χ2v) is 6.09. The fourth-order valence-corrected chi connectivity index (χ4v) is 3.95. The van der Waals surface area contributed by atoms with E-state index in [1.54, 1.807) is 0 Å². The zero-order valence-electron chi connectivity index (χ0n) is 12.1. The predicted molar refractivity (Wildman–Crippen MR) is 85.6 cm³/mol. The fourth-order valence-electron chi connectivity index (χ4n) is 3.95. The lowest BCUT2D eigenvalue weighted by molar-refractivity contribution is 0.0989. The molecule has 1 aromatic heterocycles. The van der Waals surface area contributed by atoms with Gasteiger partial charge in [-0.1, -0.05) is 30.3 Å². The van der Waals surface area contributed by atoms with E-state index in [4.69, 9.17) is 4.42 Å². The molecule has 0 saturated carbocycles. The molecule has 1 aliphatic heterocycles. The number of carbonyl (C=O) groups excluding carboxylic acids is 1. The van der Waals surface area contributed by atoms with Gasteiger partial charge in [0.05, 0.1) is 5.52 Å². The molecule has 1 atom stereocenters. The summed E-state index contributed by atoms with van der Waals surface area (Å²) in [4.78, 5) is 12.6. The van der Waals surface area contributed by atoms with E-state index in [9.17, 15) is 4.79 Å². The first-order valence-corrected chi connectivity index (χ1v) is 7.74. The van der Waals surface area contributed by atoms with E-state index in [1.165, 1.54) is 5.69 Å². The quantitative estimate of drug-likeness (QED) is 0.607. The number of hydrogen-bond donors (Lipinski definition) is 0. The molecule has 0 N–H and O–H groups in total. The summed E-state index contributed by atoms with van der Waals surface area (Å²) in [5.41, 5.74) is 4.78. The average Bonchev–Trinajstić information content (AvgIpc) is 3.04. The van der Waals surface area contributed by atoms with Crippen LogP contribution in [-0.2, 0) is 6.54 Å². The molecule has 3 nitrogen and oxygen atoms in total. The second kappa shape index (κ2) is 4.23. The topological polar surface area (TPSA) is 35.1 Å². The Morgan fingerprint density at radius 1 is 1.00 bits per heavy atom. The van der Waals surface area contributed by atoms with Gasteiger partial charge in [0.25, 0.3) is 0 Å². The Hall–Kier alpha value is -2.55. The molecule has 0 amide bonds. The molecule has 22 heavy (non-hydrogen) atoms. The summed E-state index contributed by atoms with van der Waals surface area (Å²) in [6.45, 7) is 0.958. The molecule has 0 fully saturated rings. The summed E-state index contributed by atoms with van der Waals surface area (Å²) in [6, 6.07) is 16.0. The van der Waals surface area contributed by atoms with Gasteiger partial charge in [0.15, 0.2) is 11.4 Å². The summed E-state index contributed by atoms with van der Waals surface area (Å²) < 4.78 is 8.45. The highest BCUT2D eigenvalue weighted by atomic mass is 16.3. The molecule has 0 bridgehead atoms. The molecular weight excluding hydrogens is 274 g/mol. The minimum Gasteiger partial charge on any atom is -0.455 e. The van der Waals surface area contributed by atoms with E-state index >= 15 is 0 Å². The van der Waals surface area contributed by atoms with Crippen molar-refractivity contribution in [2.75, 3.05) is 0 Å². The first-order valence-electron chi connectivity index (χ1n) is 7.74. The number of benzene rings is 2. The molecule has 0 radical (unpaired) electrons. The first-order chi connectivity index (χ1) is 10.8. The molecule has 5 rings (SSSR count). The zero-order chi connectivity index (χ0) is 14.7. The van der Waals surface area contributed by atoms with Crippen molar-refractivity contribution < 1.29 is 9.21 Å². The van der Waals surface area contributed by atoms with Crippen LogP contribution in [0.1, 0.15) is 34.8 Å². The molecule has 1 unspecified atom stereocenters. The maximum Gasteiger partial charge on any atom is 0.166 e. The number of hydrogen-bond acceptors (Lipinski definition) is 2. The van der Waals surface area contributed by atoms with Crippen molar-refractivity contribution >= 4 is 27.9 Å². The van der Waals surface area contributed by atoms with Gasteiger partial charge in [-0.3, -0.25) is 4.79 Å². The first kappa shape index (κ1) is 12.0. The highest BCUT2D eigenvalue weighted by Crippen LogP contribution is 2.43. The van der Waals surface area contributed by atoms with Crippen LogP contribution in [0.4, 0.5) is 0 Å². The number of fused-ring (bicyclic) bond motifs is 4. The lowest BCUT2D eigenvalue weighted by Gasteiger charge is -2.10. The van der Waals surface area contributed by atoms with E-state index in [0.717, 1.165) is 40.6 Å². The lowest BCUT2D eigenvalue weighted by Crippen LogP contribution is -2.01. The number of ketones is 1. The molecule has 2 heterocycles. The maximum atomic E-state index is 12.6. The Morgan fingerprint density at radius 2 is 1.77 bits per heavy atom. The molecule has 0 spiro atoms. The SMILES string of the molecule is O=C1CC2CCn3c2c1c1ccccc1oc1ccccc13. The molecule has 3 heteroatoms. The average molecular weight is 289 g/mol. The van der Waals surface area contributed by atoms with Crippen molar-refractivity contribution in [2.45, 2.75) is 25.3 Å². The summed E-state index contributed by atoms with van der Waals surface area (Å²) in [7, 11) is 0. The van der Waals surface area contributed by atoms with Crippen LogP contribution >= 0.6 is 0 Å². The Morgan fingerprint density at radius 3 is 2.68 bits per heavy atom. The normalized spacial score (nSPS) is 18.9. The molecule has 2 aromatic carbocycles. The van der Waals surface area contributed by atoms with Crippen molar-refractivity contribution in [2.24, 2.45) is 0 Å². The van der Waals surface area contributed by atoms with Crippen LogP contribution in [0.25, 0.3) is 22.1 Å². The van der Waals surface area contributed by atoms with Crippen LogP contribution in [-0.4, -0.2) is 10.4 Å². The number of rotatable bonds is 0. The Bertz CT molecular complexity index is 991. The van der Waals surface area contributed by atoms with Crippen LogP contribution in [0.15, 0.2) is 52.9 Å². The van der Waals surface area contributed by atoms with E-state index in [0.29, 0.717) is 12.3 Å². The third-order valence-electron chi connectivity index (χ3n) is 4.88. The van der Waals surface area contributed by atoms with Gasteiger partial charge in [-0.25, -0.2) is 0 Å². The van der Waals surface area contributed by atoms with Crippen molar-refractivity contribution in [1.29, 1.82) is 0 Å². The Kier molecular flexibility index (Phi) is 2.31. The summed E-state index contributed by atoms with van der Waals surface area (Å²) in [5.74, 6) is 0.613. The summed E-state index contributed by atoms with van der Waals surface area (Å²) >= 11 is 0. The zero-order valence-corrected chi connectivity index (χ0v) is 12.1. The highest BCUT2D eigenvalue weighted by Gasteiger charge is 2.36. The van der Waals surface area contributed by atoms with Crippen LogP contribution in [0.5, 0.6) is 0 Å². The van der Waals surface area contributed by atoms with Gasteiger partial charge >= 0.3 is 0 Å². The van der Waals surface area contributed by atoms with Crippen LogP contribution < -0.4 is 0 Å². The van der Waals surface area contributed by atoms with Gasteiger partial charge in [0.1, 0.15) is 5.58 Å². The van der Waals surface area contributed by atoms with Gasteiger partial charge in [0, 0.05) is 35.5 Å². The number of Topliss-reactive ketones (excluding diaryl/α,β-unsaturated/α-hetero) is 1. The predicted octanol–water partition coefficient (Wildman–Crippen LogP) is 4.59. The summed E-state index contributed by atoms with van der Waals surface area (Å²) in [6.07, 6.45) is 1.68. The third kappa shape index (κ3) is 1.48. The van der Waals surface area contributed by atoms with Gasteiger partial charge in [0.2, 0.25) is 0 Å². The van der Waals surface area contributed by atoms with Gasteiger partial charge in [-0.05, 0) is 24.6 Å². The molecule has 0 saturated heterocycles. The largest absolute Gasteiger partial charge is 0.455 e. The Balaban J connectivity index is 2.12. The van der Waals surface area contributed by atoms with Gasteiger partial charge in [-0.2, -0.15) is 0 Å². The second-order valence-electron chi connectivity index (χ2n) is 6.09. The van der Waals surface area contributed by atoms with Crippen molar-refractivity contribution in [3.63, 3.8) is 0 Å². The number of para-hydroxylation sites is 3. The lowest BCUT2D eigenvalue weighted by atomic mass is 10.1. The van der Waals surface area contributed by atoms with Gasteiger partial charge < -0.3 is 8.98 Å². The fraction of sp³-hybridized carbons (Fsp3) is 0.211. The van der Waals surface area contributed by atoms with Crippen molar-refractivity contribution in [3.05, 3.63) is 59.8 Å².